The van der Waals surface area contributed by atoms with E-state index in [4.69, 9.17) is 15.2 Å². The van der Waals surface area contributed by atoms with Gasteiger partial charge in [0, 0.05) is 6.07 Å². The summed E-state index contributed by atoms with van der Waals surface area (Å²) in [6.45, 7) is 1.70. The summed E-state index contributed by atoms with van der Waals surface area (Å²) < 4.78 is 10.1. The molecule has 25 heavy (non-hydrogen) atoms. The fourth-order valence-electron chi connectivity index (χ4n) is 1.86. The van der Waals surface area contributed by atoms with Crippen LogP contribution in [0.5, 0.6) is 17.2 Å². The van der Waals surface area contributed by atoms with Gasteiger partial charge >= 0.3 is 6.09 Å². The molecule has 0 unspecified atom stereocenters. The third-order valence-corrected chi connectivity index (χ3v) is 3.00. The van der Waals surface area contributed by atoms with Crippen molar-refractivity contribution in [3.63, 3.8) is 0 Å². The molecule has 2 amide bonds. The number of hydrogen-bond acceptors (Lipinski definition) is 7. The molecule has 0 aliphatic heterocycles. The minimum atomic E-state index is -0.890. The van der Waals surface area contributed by atoms with Crippen molar-refractivity contribution >= 4 is 17.7 Å². The van der Waals surface area contributed by atoms with E-state index in [0.717, 1.165) is 6.07 Å². The third kappa shape index (κ3) is 5.27. The highest BCUT2D eigenvalue weighted by Crippen LogP contribution is 2.27. The monoisotopic (exact) mass is 347 g/mol. The number of aromatic nitrogens is 1. The first-order chi connectivity index (χ1) is 11.8. The van der Waals surface area contributed by atoms with Gasteiger partial charge in [-0.25, -0.2) is 9.78 Å². The smallest absolute Gasteiger partial charge is 0.404 e. The summed E-state index contributed by atoms with van der Waals surface area (Å²) in [7, 11) is 0. The Hall–Kier alpha value is -3.49. The van der Waals surface area contributed by atoms with E-state index in [2.05, 4.69) is 10.3 Å². The molecule has 1 aromatic heterocycles. The Labute approximate surface area is 143 Å². The number of phenolic OH excluding ortho intramolecular Hbond substituents is 2. The number of ether oxygens (including phenoxy) is 2. The predicted octanol–water partition coefficient (Wildman–Crippen LogP) is 1.61. The van der Waals surface area contributed by atoms with Crippen molar-refractivity contribution in [1.29, 1.82) is 0 Å². The van der Waals surface area contributed by atoms with Crippen molar-refractivity contribution in [2.75, 3.05) is 11.9 Å². The summed E-state index contributed by atoms with van der Waals surface area (Å²) in [6, 6.07) is 6.75. The van der Waals surface area contributed by atoms with Gasteiger partial charge in [-0.1, -0.05) is 0 Å². The first kappa shape index (κ1) is 17.9. The van der Waals surface area contributed by atoms with Crippen LogP contribution in [0.3, 0.4) is 0 Å². The Morgan fingerprint density at radius 2 is 2.04 bits per heavy atom. The fourth-order valence-corrected chi connectivity index (χ4v) is 1.86. The quantitative estimate of drug-likeness (QED) is 0.459. The minimum Gasteiger partial charge on any atom is -0.508 e. The van der Waals surface area contributed by atoms with Crippen LogP contribution in [0.4, 0.5) is 10.5 Å². The lowest BCUT2D eigenvalue weighted by molar-refractivity contribution is 0.0821. The Kier molecular flexibility index (Phi) is 5.62. The summed E-state index contributed by atoms with van der Waals surface area (Å²) in [5, 5.41) is 21.3. The van der Waals surface area contributed by atoms with E-state index in [0.29, 0.717) is 5.75 Å². The normalized spacial score (nSPS) is 11.4. The largest absolute Gasteiger partial charge is 0.508 e. The number of benzene rings is 1. The lowest BCUT2D eigenvalue weighted by Crippen LogP contribution is -2.25. The Balaban J connectivity index is 1.94. The number of nitrogens with two attached hydrogens (primary N) is 1. The van der Waals surface area contributed by atoms with Crippen LogP contribution in [-0.2, 0) is 4.74 Å². The number of anilines is 1. The number of carbonyl (C=O) groups excluding carboxylic acids is 2. The summed E-state index contributed by atoms with van der Waals surface area (Å²) >= 11 is 0. The molecule has 5 N–H and O–H groups in total. The lowest BCUT2D eigenvalue weighted by Gasteiger charge is -2.12. The average Bonchev–Trinajstić information content (AvgIpc) is 2.55. The number of nitrogens with zero attached hydrogens (tertiary/aromatic N) is 1. The summed E-state index contributed by atoms with van der Waals surface area (Å²) in [5.74, 6) is -0.552. The molecule has 1 atom stereocenters. The molecule has 0 radical (unpaired) electrons. The van der Waals surface area contributed by atoms with Crippen molar-refractivity contribution in [2.24, 2.45) is 5.73 Å². The van der Waals surface area contributed by atoms with Gasteiger partial charge in [0.1, 0.15) is 35.7 Å². The highest BCUT2D eigenvalue weighted by Gasteiger charge is 2.12. The van der Waals surface area contributed by atoms with E-state index in [-0.39, 0.29) is 29.5 Å². The molecule has 9 heteroatoms. The zero-order valence-corrected chi connectivity index (χ0v) is 13.3. The maximum absolute atomic E-state index is 12.1. The maximum Gasteiger partial charge on any atom is 0.404 e. The topological polar surface area (TPSA) is 144 Å². The van der Waals surface area contributed by atoms with Crippen molar-refractivity contribution in [3.05, 3.63) is 42.2 Å². The number of primary amides is 1. The predicted molar refractivity (Wildman–Crippen MR) is 87.6 cm³/mol. The molecule has 0 fully saturated rings. The highest BCUT2D eigenvalue weighted by molar-refractivity contribution is 6.03. The zero-order chi connectivity index (χ0) is 18.4. The van der Waals surface area contributed by atoms with Crippen LogP contribution in [0.2, 0.25) is 0 Å². The number of pyridine rings is 1. The van der Waals surface area contributed by atoms with Gasteiger partial charge < -0.3 is 30.7 Å². The van der Waals surface area contributed by atoms with E-state index in [1.807, 2.05) is 0 Å². The molecular formula is C16H17N3O6. The van der Waals surface area contributed by atoms with Crippen molar-refractivity contribution in [3.8, 4) is 17.2 Å². The van der Waals surface area contributed by atoms with Crippen molar-refractivity contribution in [2.45, 2.75) is 13.0 Å². The second-order valence-electron chi connectivity index (χ2n) is 5.09. The molecule has 2 aromatic rings. The van der Waals surface area contributed by atoms with E-state index < -0.39 is 18.1 Å². The van der Waals surface area contributed by atoms with Crippen molar-refractivity contribution in [1.82, 2.24) is 4.98 Å². The molecule has 132 valence electrons. The number of aromatic hydroxyl groups is 2. The van der Waals surface area contributed by atoms with Crippen LogP contribution in [0.1, 0.15) is 17.4 Å². The molecule has 0 bridgehead atoms. The van der Waals surface area contributed by atoms with Gasteiger partial charge in [-0.2, -0.15) is 0 Å². The molecule has 1 aromatic carbocycles. The summed E-state index contributed by atoms with van der Waals surface area (Å²) in [5.41, 5.74) is 5.13. The number of nitrogens with one attached hydrogen (secondary N) is 1. The van der Waals surface area contributed by atoms with E-state index in [1.165, 1.54) is 30.5 Å². The standard InChI is InChI=1S/C16H17N3O6/c1-9(25-16(17)23)8-24-11-3-5-13(18-7-11)15(22)19-12-4-2-10(20)6-14(12)21/h2-7,9,20-21H,8H2,1H3,(H2,17,23)(H,19,22)/t9-/m0/s1. The first-order valence-electron chi connectivity index (χ1n) is 7.23. The minimum absolute atomic E-state index is 0.0809. The number of hydrogen-bond donors (Lipinski definition) is 4. The van der Waals surface area contributed by atoms with Gasteiger partial charge in [-0.15, -0.1) is 0 Å². The van der Waals surface area contributed by atoms with Crippen LogP contribution >= 0.6 is 0 Å². The van der Waals surface area contributed by atoms with E-state index >= 15 is 0 Å². The fraction of sp³-hybridized carbons (Fsp3) is 0.188. The van der Waals surface area contributed by atoms with Crippen molar-refractivity contribution < 1.29 is 29.3 Å². The molecule has 0 aliphatic rings. The molecule has 9 nitrogen and oxygen atoms in total. The van der Waals surface area contributed by atoms with Gasteiger partial charge in [0.2, 0.25) is 0 Å². The van der Waals surface area contributed by atoms with Crippen LogP contribution in [0.15, 0.2) is 36.5 Å². The van der Waals surface area contributed by atoms with Gasteiger partial charge in [-0.3, -0.25) is 4.79 Å². The Morgan fingerprint density at radius 1 is 1.28 bits per heavy atom. The molecule has 0 saturated carbocycles. The number of amides is 2. The van der Waals surface area contributed by atoms with E-state index in [9.17, 15) is 19.8 Å². The second kappa shape index (κ2) is 7.86. The van der Waals surface area contributed by atoms with Crippen LogP contribution in [-0.4, -0.2) is 39.9 Å². The van der Waals surface area contributed by atoms with Crippen LogP contribution < -0.4 is 15.8 Å². The third-order valence-electron chi connectivity index (χ3n) is 3.00. The molecular weight excluding hydrogens is 330 g/mol. The first-order valence-corrected chi connectivity index (χ1v) is 7.23. The SMILES string of the molecule is C[C@@H](COc1ccc(C(=O)Nc2ccc(O)cc2O)nc1)OC(N)=O. The van der Waals surface area contributed by atoms with Crippen LogP contribution in [0.25, 0.3) is 0 Å². The van der Waals surface area contributed by atoms with E-state index in [1.54, 1.807) is 6.92 Å². The zero-order valence-electron chi connectivity index (χ0n) is 13.3. The Bertz CT molecular complexity index is 763. The molecule has 2 rings (SSSR count). The molecule has 0 aliphatic carbocycles. The average molecular weight is 347 g/mol. The number of phenols is 2. The second-order valence-corrected chi connectivity index (χ2v) is 5.09. The summed E-state index contributed by atoms with van der Waals surface area (Å²) in [4.78, 5) is 26.6. The van der Waals surface area contributed by atoms with Crippen LogP contribution in [0, 0.1) is 0 Å². The lowest BCUT2D eigenvalue weighted by atomic mass is 10.2. The van der Waals surface area contributed by atoms with Gasteiger partial charge in [0.15, 0.2) is 0 Å². The molecule has 0 saturated heterocycles. The maximum atomic E-state index is 12.1. The van der Waals surface area contributed by atoms with Gasteiger partial charge in [0.05, 0.1) is 11.9 Å². The van der Waals surface area contributed by atoms with Gasteiger partial charge in [0.25, 0.3) is 5.91 Å². The number of rotatable bonds is 6. The molecule has 1 heterocycles. The number of carbonyl (C=O) groups is 2. The highest BCUT2D eigenvalue weighted by atomic mass is 16.6. The Morgan fingerprint density at radius 3 is 2.64 bits per heavy atom. The summed E-state index contributed by atoms with van der Waals surface area (Å²) in [6.07, 6.45) is -0.0839. The van der Waals surface area contributed by atoms with Gasteiger partial charge in [-0.05, 0) is 31.2 Å². The molecule has 0 spiro atoms.